The zero-order valence-electron chi connectivity index (χ0n) is 10.6. The van der Waals surface area contributed by atoms with Crippen LogP contribution in [0.25, 0.3) is 0 Å². The normalized spacial score (nSPS) is 10.1. The minimum Gasteiger partial charge on any atom is -0.497 e. The molecular formula is C16H16O2. The lowest BCUT2D eigenvalue weighted by atomic mass is 10.0. The van der Waals surface area contributed by atoms with Gasteiger partial charge in [-0.3, -0.25) is 4.79 Å². The second-order valence-electron chi connectivity index (χ2n) is 4.32. The maximum Gasteiger partial charge on any atom is 0.167 e. The highest BCUT2D eigenvalue weighted by molar-refractivity contribution is 5.97. The van der Waals surface area contributed by atoms with Crippen LogP contribution in [0.2, 0.25) is 0 Å². The third-order valence-corrected chi connectivity index (χ3v) is 2.86. The monoisotopic (exact) mass is 240 g/mol. The van der Waals surface area contributed by atoms with Crippen molar-refractivity contribution in [2.24, 2.45) is 0 Å². The van der Waals surface area contributed by atoms with Gasteiger partial charge in [0, 0.05) is 12.0 Å². The highest BCUT2D eigenvalue weighted by Crippen LogP contribution is 2.14. The van der Waals surface area contributed by atoms with Crippen LogP contribution >= 0.6 is 0 Å². The van der Waals surface area contributed by atoms with Crippen LogP contribution in [-0.4, -0.2) is 12.9 Å². The first kappa shape index (κ1) is 12.4. The zero-order chi connectivity index (χ0) is 13.0. The molecule has 0 bridgehead atoms. The number of hydrogen-bond donors (Lipinski definition) is 0. The van der Waals surface area contributed by atoms with Crippen molar-refractivity contribution in [1.29, 1.82) is 0 Å². The van der Waals surface area contributed by atoms with Crippen molar-refractivity contribution < 1.29 is 9.53 Å². The summed E-state index contributed by atoms with van der Waals surface area (Å²) < 4.78 is 5.07. The lowest BCUT2D eigenvalue weighted by Crippen LogP contribution is -2.03. The van der Waals surface area contributed by atoms with Gasteiger partial charge in [0.15, 0.2) is 5.78 Å². The van der Waals surface area contributed by atoms with Crippen molar-refractivity contribution >= 4 is 5.78 Å². The molecule has 0 saturated carbocycles. The van der Waals surface area contributed by atoms with Gasteiger partial charge in [0.25, 0.3) is 0 Å². The van der Waals surface area contributed by atoms with E-state index in [1.807, 2.05) is 43.3 Å². The van der Waals surface area contributed by atoms with E-state index in [2.05, 4.69) is 0 Å². The lowest BCUT2D eigenvalue weighted by Gasteiger charge is -2.04. The Morgan fingerprint density at radius 1 is 1.11 bits per heavy atom. The third kappa shape index (κ3) is 2.98. The predicted molar refractivity (Wildman–Crippen MR) is 72.2 cm³/mol. The SMILES string of the molecule is COc1ccc(C(=O)Cc2cccc(C)c2)cc1. The van der Waals surface area contributed by atoms with Gasteiger partial charge in [-0.1, -0.05) is 29.8 Å². The molecule has 92 valence electrons. The van der Waals surface area contributed by atoms with Crippen molar-refractivity contribution in [3.05, 3.63) is 65.2 Å². The van der Waals surface area contributed by atoms with Crippen LogP contribution in [-0.2, 0) is 6.42 Å². The molecule has 0 saturated heterocycles. The van der Waals surface area contributed by atoms with Gasteiger partial charge in [-0.2, -0.15) is 0 Å². The van der Waals surface area contributed by atoms with E-state index < -0.39 is 0 Å². The summed E-state index contributed by atoms with van der Waals surface area (Å²) in [4.78, 5) is 12.1. The summed E-state index contributed by atoms with van der Waals surface area (Å²) in [5.41, 5.74) is 2.95. The number of ether oxygens (including phenoxy) is 1. The van der Waals surface area contributed by atoms with Crippen LogP contribution in [0.3, 0.4) is 0 Å². The fourth-order valence-corrected chi connectivity index (χ4v) is 1.89. The molecule has 0 unspecified atom stereocenters. The standard InChI is InChI=1S/C16H16O2/c1-12-4-3-5-13(10-12)11-16(17)14-6-8-15(18-2)9-7-14/h3-10H,11H2,1-2H3. The molecule has 0 heterocycles. The fourth-order valence-electron chi connectivity index (χ4n) is 1.89. The summed E-state index contributed by atoms with van der Waals surface area (Å²) in [6.45, 7) is 2.03. The van der Waals surface area contributed by atoms with Crippen LogP contribution < -0.4 is 4.74 Å². The largest absolute Gasteiger partial charge is 0.497 e. The quantitative estimate of drug-likeness (QED) is 0.765. The van der Waals surface area contributed by atoms with Gasteiger partial charge in [0.2, 0.25) is 0 Å². The number of carbonyl (C=O) groups is 1. The van der Waals surface area contributed by atoms with Gasteiger partial charge in [-0.25, -0.2) is 0 Å². The Bertz CT molecular complexity index is 541. The van der Waals surface area contributed by atoms with Gasteiger partial charge in [0.1, 0.15) is 5.75 Å². The van der Waals surface area contributed by atoms with Crippen molar-refractivity contribution in [1.82, 2.24) is 0 Å². The second-order valence-corrected chi connectivity index (χ2v) is 4.32. The number of ketones is 1. The van der Waals surface area contributed by atoms with E-state index in [0.717, 1.165) is 16.9 Å². The Morgan fingerprint density at radius 3 is 2.44 bits per heavy atom. The van der Waals surface area contributed by atoms with Gasteiger partial charge < -0.3 is 4.74 Å². The van der Waals surface area contributed by atoms with E-state index in [-0.39, 0.29) is 5.78 Å². The summed E-state index contributed by atoms with van der Waals surface area (Å²) >= 11 is 0. The fraction of sp³-hybridized carbons (Fsp3) is 0.188. The zero-order valence-corrected chi connectivity index (χ0v) is 10.6. The number of Topliss-reactive ketones (excluding diaryl/α,β-unsaturated/α-hetero) is 1. The third-order valence-electron chi connectivity index (χ3n) is 2.86. The maximum absolute atomic E-state index is 12.1. The smallest absolute Gasteiger partial charge is 0.167 e. The average Bonchev–Trinajstić information content (AvgIpc) is 2.39. The Balaban J connectivity index is 2.11. The van der Waals surface area contributed by atoms with Crippen molar-refractivity contribution in [3.8, 4) is 5.75 Å². The molecule has 0 fully saturated rings. The molecule has 0 atom stereocenters. The van der Waals surface area contributed by atoms with Gasteiger partial charge in [-0.15, -0.1) is 0 Å². The van der Waals surface area contributed by atoms with E-state index in [9.17, 15) is 4.79 Å². The second kappa shape index (κ2) is 5.50. The Kier molecular flexibility index (Phi) is 3.78. The minimum absolute atomic E-state index is 0.128. The van der Waals surface area contributed by atoms with E-state index in [4.69, 9.17) is 4.74 Å². The maximum atomic E-state index is 12.1. The number of benzene rings is 2. The highest BCUT2D eigenvalue weighted by atomic mass is 16.5. The molecule has 2 aromatic carbocycles. The van der Waals surface area contributed by atoms with Gasteiger partial charge in [0.05, 0.1) is 7.11 Å². The molecule has 0 N–H and O–H groups in total. The summed E-state index contributed by atoms with van der Waals surface area (Å²) in [6.07, 6.45) is 0.439. The molecular weight excluding hydrogens is 224 g/mol. The van der Waals surface area contributed by atoms with Crippen LogP contribution in [0.1, 0.15) is 21.5 Å². The first-order valence-electron chi connectivity index (χ1n) is 5.92. The predicted octanol–water partition coefficient (Wildman–Crippen LogP) is 3.43. The number of carbonyl (C=O) groups excluding carboxylic acids is 1. The van der Waals surface area contributed by atoms with Gasteiger partial charge >= 0.3 is 0 Å². The van der Waals surface area contributed by atoms with E-state index in [1.54, 1.807) is 19.2 Å². The minimum atomic E-state index is 0.128. The van der Waals surface area contributed by atoms with Crippen LogP contribution in [0.15, 0.2) is 48.5 Å². The molecule has 18 heavy (non-hydrogen) atoms. The Morgan fingerprint density at radius 2 is 1.83 bits per heavy atom. The first-order chi connectivity index (χ1) is 8.69. The van der Waals surface area contributed by atoms with Crippen LogP contribution in [0.4, 0.5) is 0 Å². The topological polar surface area (TPSA) is 26.3 Å². The lowest BCUT2D eigenvalue weighted by molar-refractivity contribution is 0.0993. The summed E-state index contributed by atoms with van der Waals surface area (Å²) in [6, 6.07) is 15.3. The van der Waals surface area contributed by atoms with E-state index in [0.29, 0.717) is 6.42 Å². The van der Waals surface area contributed by atoms with Gasteiger partial charge in [-0.05, 0) is 36.8 Å². The molecule has 0 aromatic heterocycles. The Labute approximate surface area is 107 Å². The molecule has 2 heteroatoms. The number of hydrogen-bond acceptors (Lipinski definition) is 2. The first-order valence-corrected chi connectivity index (χ1v) is 5.92. The molecule has 2 aromatic rings. The molecule has 0 aliphatic rings. The van der Waals surface area contributed by atoms with Crippen molar-refractivity contribution in [2.45, 2.75) is 13.3 Å². The van der Waals surface area contributed by atoms with Crippen molar-refractivity contribution in [2.75, 3.05) is 7.11 Å². The molecule has 0 aliphatic heterocycles. The summed E-state index contributed by atoms with van der Waals surface area (Å²) in [5.74, 6) is 0.894. The number of aryl methyl sites for hydroxylation is 1. The molecule has 2 nitrogen and oxygen atoms in total. The van der Waals surface area contributed by atoms with E-state index >= 15 is 0 Å². The highest BCUT2D eigenvalue weighted by Gasteiger charge is 2.07. The van der Waals surface area contributed by atoms with Crippen LogP contribution in [0.5, 0.6) is 5.75 Å². The average molecular weight is 240 g/mol. The molecule has 0 spiro atoms. The van der Waals surface area contributed by atoms with Crippen molar-refractivity contribution in [3.63, 3.8) is 0 Å². The molecule has 0 amide bonds. The number of rotatable bonds is 4. The number of methoxy groups -OCH3 is 1. The molecule has 0 radical (unpaired) electrons. The molecule has 2 rings (SSSR count). The Hall–Kier alpha value is -2.09. The summed E-state index contributed by atoms with van der Waals surface area (Å²) in [5, 5.41) is 0. The van der Waals surface area contributed by atoms with Crippen LogP contribution in [0, 0.1) is 6.92 Å². The van der Waals surface area contributed by atoms with E-state index in [1.165, 1.54) is 5.56 Å². The molecule has 0 aliphatic carbocycles. The summed E-state index contributed by atoms with van der Waals surface area (Å²) in [7, 11) is 1.61.